The zero-order valence-corrected chi connectivity index (χ0v) is 16.1. The average molecular weight is 404 g/mol. The summed E-state index contributed by atoms with van der Waals surface area (Å²) in [5.74, 6) is 0.862. The molecule has 0 aliphatic rings. The van der Waals surface area contributed by atoms with E-state index in [0.29, 0.717) is 6.04 Å². The summed E-state index contributed by atoms with van der Waals surface area (Å²) in [6, 6.07) is 8.90. The normalized spacial score (nSPS) is 11.0. The van der Waals surface area contributed by atoms with Crippen LogP contribution < -0.4 is 15.5 Å². The van der Waals surface area contributed by atoms with Crippen LogP contribution in [-0.2, 0) is 0 Å². The van der Waals surface area contributed by atoms with Crippen LogP contribution in [0.1, 0.15) is 26.3 Å². The third-order valence-corrected chi connectivity index (χ3v) is 3.16. The molecule has 5 heteroatoms. The van der Waals surface area contributed by atoms with E-state index in [9.17, 15) is 0 Å². The van der Waals surface area contributed by atoms with Gasteiger partial charge in [-0.25, -0.2) is 0 Å². The lowest BCUT2D eigenvalue weighted by Crippen LogP contribution is -2.44. The molecule has 1 aromatic carbocycles. The van der Waals surface area contributed by atoms with Gasteiger partial charge in [-0.1, -0.05) is 18.2 Å². The minimum Gasteiger partial charge on any atom is -0.370 e. The van der Waals surface area contributed by atoms with Gasteiger partial charge < -0.3 is 15.5 Å². The van der Waals surface area contributed by atoms with Crippen LogP contribution >= 0.6 is 24.0 Å². The summed E-state index contributed by atoms with van der Waals surface area (Å²) in [7, 11) is 1.80. The molecule has 0 aromatic heterocycles. The number of hydrogen-bond acceptors (Lipinski definition) is 2. The molecule has 0 saturated carbocycles. The molecule has 0 aliphatic heterocycles. The minimum absolute atomic E-state index is 0. The molecule has 120 valence electrons. The summed E-state index contributed by atoms with van der Waals surface area (Å²) in [6.45, 7) is 11.4. The average Bonchev–Trinajstić information content (AvgIpc) is 2.43. The Balaban J connectivity index is 0.00000400. The topological polar surface area (TPSA) is 39.7 Å². The maximum Gasteiger partial charge on any atom is 0.191 e. The van der Waals surface area contributed by atoms with E-state index in [1.165, 1.54) is 11.3 Å². The van der Waals surface area contributed by atoms with Gasteiger partial charge in [0.2, 0.25) is 0 Å². The highest BCUT2D eigenvalue weighted by Crippen LogP contribution is 2.18. The molecule has 21 heavy (non-hydrogen) atoms. The second-order valence-corrected chi connectivity index (χ2v) is 5.16. The fourth-order valence-corrected chi connectivity index (χ4v) is 2.14. The lowest BCUT2D eigenvalue weighted by Gasteiger charge is -2.25. The van der Waals surface area contributed by atoms with Gasteiger partial charge in [-0.15, -0.1) is 24.0 Å². The molecule has 1 rings (SSSR count). The predicted molar refractivity (Wildman–Crippen MR) is 104 cm³/mol. The number of benzene rings is 1. The Kier molecular flexibility index (Phi) is 10.2. The van der Waals surface area contributed by atoms with Crippen LogP contribution in [0.15, 0.2) is 29.3 Å². The standard InChI is InChI=1S/C16H28N4.HI/c1-6-20(15-10-8-7-9-14(15)4)12-11-18-16(17-5)19-13(2)3;/h7-10,13H,6,11-12H2,1-5H3,(H2,17,18,19);1H. The van der Waals surface area contributed by atoms with Crippen molar-refractivity contribution in [1.82, 2.24) is 10.6 Å². The molecule has 0 radical (unpaired) electrons. The molecule has 0 bridgehead atoms. The predicted octanol–water partition coefficient (Wildman–Crippen LogP) is 3.01. The van der Waals surface area contributed by atoms with Crippen LogP contribution in [0.4, 0.5) is 5.69 Å². The number of likely N-dealkylation sites (N-methyl/N-ethyl adjacent to an activating group) is 1. The largest absolute Gasteiger partial charge is 0.370 e. The first-order valence-corrected chi connectivity index (χ1v) is 7.36. The van der Waals surface area contributed by atoms with Crippen molar-refractivity contribution >= 4 is 35.6 Å². The van der Waals surface area contributed by atoms with Crippen LogP contribution in [0, 0.1) is 6.92 Å². The molecule has 2 N–H and O–H groups in total. The number of rotatable bonds is 6. The minimum atomic E-state index is 0. The highest BCUT2D eigenvalue weighted by molar-refractivity contribution is 14.0. The summed E-state index contributed by atoms with van der Waals surface area (Å²) in [4.78, 5) is 6.60. The van der Waals surface area contributed by atoms with Crippen molar-refractivity contribution in [1.29, 1.82) is 0 Å². The van der Waals surface area contributed by atoms with E-state index in [4.69, 9.17) is 0 Å². The number of anilines is 1. The van der Waals surface area contributed by atoms with Crippen LogP contribution in [-0.4, -0.2) is 38.7 Å². The van der Waals surface area contributed by atoms with E-state index in [-0.39, 0.29) is 24.0 Å². The maximum absolute atomic E-state index is 4.22. The Hall–Kier alpha value is -0.980. The third kappa shape index (κ3) is 7.02. The zero-order chi connectivity index (χ0) is 15.0. The summed E-state index contributed by atoms with van der Waals surface area (Å²) in [5, 5.41) is 6.64. The van der Waals surface area contributed by atoms with Crippen LogP contribution in [0.25, 0.3) is 0 Å². The summed E-state index contributed by atoms with van der Waals surface area (Å²) in [5.41, 5.74) is 2.63. The fraction of sp³-hybridized carbons (Fsp3) is 0.562. The molecule has 0 spiro atoms. The summed E-state index contributed by atoms with van der Waals surface area (Å²) >= 11 is 0. The van der Waals surface area contributed by atoms with Gasteiger partial charge in [0.1, 0.15) is 0 Å². The summed E-state index contributed by atoms with van der Waals surface area (Å²) in [6.07, 6.45) is 0. The van der Waals surface area contributed by atoms with Crippen molar-refractivity contribution in [2.75, 3.05) is 31.6 Å². The Bertz CT molecular complexity index is 432. The van der Waals surface area contributed by atoms with Crippen molar-refractivity contribution in [3.63, 3.8) is 0 Å². The van der Waals surface area contributed by atoms with Gasteiger partial charge in [-0.05, 0) is 39.3 Å². The van der Waals surface area contributed by atoms with Gasteiger partial charge in [0.05, 0.1) is 0 Å². The quantitative estimate of drug-likeness (QED) is 0.435. The second kappa shape index (κ2) is 10.7. The molecule has 0 heterocycles. The molecular formula is C16H29IN4. The fourth-order valence-electron chi connectivity index (χ4n) is 2.14. The Labute approximate surface area is 146 Å². The first-order valence-electron chi connectivity index (χ1n) is 7.36. The summed E-state index contributed by atoms with van der Waals surface area (Å²) < 4.78 is 0. The second-order valence-electron chi connectivity index (χ2n) is 5.16. The van der Waals surface area contributed by atoms with E-state index in [2.05, 4.69) is 72.5 Å². The first-order chi connectivity index (χ1) is 9.58. The van der Waals surface area contributed by atoms with Crippen molar-refractivity contribution in [3.05, 3.63) is 29.8 Å². The van der Waals surface area contributed by atoms with Gasteiger partial charge in [0.25, 0.3) is 0 Å². The lowest BCUT2D eigenvalue weighted by molar-refractivity contribution is 0.690. The van der Waals surface area contributed by atoms with E-state index in [1.807, 2.05) is 0 Å². The molecule has 1 aromatic rings. The number of aliphatic imine (C=N–C) groups is 1. The van der Waals surface area contributed by atoms with Crippen molar-refractivity contribution < 1.29 is 0 Å². The number of nitrogens with zero attached hydrogens (tertiary/aromatic N) is 2. The number of halogens is 1. The lowest BCUT2D eigenvalue weighted by atomic mass is 10.2. The highest BCUT2D eigenvalue weighted by atomic mass is 127. The molecule has 0 saturated heterocycles. The highest BCUT2D eigenvalue weighted by Gasteiger charge is 2.07. The first kappa shape index (κ1) is 20.0. The molecule has 4 nitrogen and oxygen atoms in total. The molecule has 0 atom stereocenters. The monoisotopic (exact) mass is 404 g/mol. The van der Waals surface area contributed by atoms with E-state index in [1.54, 1.807) is 7.05 Å². The Morgan fingerprint density at radius 2 is 1.95 bits per heavy atom. The van der Waals surface area contributed by atoms with E-state index >= 15 is 0 Å². The molecule has 0 amide bonds. The SMILES string of the molecule is CCN(CCNC(=NC)NC(C)C)c1ccccc1C.I. The molecule has 0 unspecified atom stereocenters. The Morgan fingerprint density at radius 3 is 2.48 bits per heavy atom. The van der Waals surface area contributed by atoms with Crippen LogP contribution in [0.3, 0.4) is 0 Å². The number of nitrogens with one attached hydrogen (secondary N) is 2. The van der Waals surface area contributed by atoms with Gasteiger partial charge in [0, 0.05) is 38.4 Å². The van der Waals surface area contributed by atoms with Gasteiger partial charge in [-0.2, -0.15) is 0 Å². The van der Waals surface area contributed by atoms with Gasteiger partial charge >= 0.3 is 0 Å². The number of para-hydroxylation sites is 1. The molecular weight excluding hydrogens is 375 g/mol. The third-order valence-electron chi connectivity index (χ3n) is 3.16. The van der Waals surface area contributed by atoms with Crippen molar-refractivity contribution in [3.8, 4) is 0 Å². The van der Waals surface area contributed by atoms with Crippen LogP contribution in [0.5, 0.6) is 0 Å². The van der Waals surface area contributed by atoms with E-state index < -0.39 is 0 Å². The number of guanidine groups is 1. The van der Waals surface area contributed by atoms with Gasteiger partial charge in [-0.3, -0.25) is 4.99 Å². The zero-order valence-electron chi connectivity index (χ0n) is 13.8. The van der Waals surface area contributed by atoms with Crippen LogP contribution in [0.2, 0.25) is 0 Å². The molecule has 0 fully saturated rings. The number of hydrogen-bond donors (Lipinski definition) is 2. The van der Waals surface area contributed by atoms with Crippen molar-refractivity contribution in [2.45, 2.75) is 33.7 Å². The Morgan fingerprint density at radius 1 is 1.29 bits per heavy atom. The smallest absolute Gasteiger partial charge is 0.191 e. The van der Waals surface area contributed by atoms with E-state index in [0.717, 1.165) is 25.6 Å². The van der Waals surface area contributed by atoms with Crippen molar-refractivity contribution in [2.24, 2.45) is 4.99 Å². The maximum atomic E-state index is 4.22. The molecule has 0 aliphatic carbocycles. The van der Waals surface area contributed by atoms with Gasteiger partial charge in [0.15, 0.2) is 5.96 Å². The number of aryl methyl sites for hydroxylation is 1.